The van der Waals surface area contributed by atoms with Crippen molar-refractivity contribution < 1.29 is 23.4 Å². The maximum absolute atomic E-state index is 13.6. The lowest BCUT2D eigenvalue weighted by Crippen LogP contribution is -2.44. The van der Waals surface area contributed by atoms with Crippen LogP contribution in [0.3, 0.4) is 0 Å². The number of benzene rings is 1. The minimum atomic E-state index is -1.73. The molecule has 6 heteroatoms. The second-order valence-corrected chi connectivity index (χ2v) is 5.75. The second-order valence-electron chi connectivity index (χ2n) is 5.75. The van der Waals surface area contributed by atoms with Crippen LogP contribution in [-0.4, -0.2) is 12.0 Å². The number of rotatable bonds is 7. The van der Waals surface area contributed by atoms with E-state index in [9.17, 15) is 13.6 Å². The SMILES string of the molecule is C=CCC(OOC1CCCCC1)(C(N)=O)c1ccc(F)c(F)c1. The van der Waals surface area contributed by atoms with Gasteiger partial charge in [0.1, 0.15) is 0 Å². The first-order chi connectivity index (χ1) is 11.0. The largest absolute Gasteiger partial charge is 0.367 e. The van der Waals surface area contributed by atoms with Gasteiger partial charge in [-0.15, -0.1) is 6.58 Å². The summed E-state index contributed by atoms with van der Waals surface area (Å²) in [6.07, 6.45) is 6.08. The summed E-state index contributed by atoms with van der Waals surface area (Å²) < 4.78 is 26.7. The molecule has 126 valence electrons. The summed E-state index contributed by atoms with van der Waals surface area (Å²) in [4.78, 5) is 22.9. The minimum Gasteiger partial charge on any atom is -0.367 e. The summed E-state index contributed by atoms with van der Waals surface area (Å²) in [6, 6.07) is 3.08. The van der Waals surface area contributed by atoms with Crippen LogP contribution in [0.15, 0.2) is 30.9 Å². The molecule has 0 saturated heterocycles. The average Bonchev–Trinajstić information content (AvgIpc) is 2.55. The molecular formula is C17H21F2NO3. The van der Waals surface area contributed by atoms with Gasteiger partial charge in [0, 0.05) is 6.42 Å². The molecule has 0 spiro atoms. The first-order valence-electron chi connectivity index (χ1n) is 7.70. The lowest BCUT2D eigenvalue weighted by atomic mass is 9.89. The Hall–Kier alpha value is -1.79. The van der Waals surface area contributed by atoms with E-state index in [0.29, 0.717) is 0 Å². The van der Waals surface area contributed by atoms with E-state index in [2.05, 4.69) is 6.58 Å². The Morgan fingerprint density at radius 1 is 1.30 bits per heavy atom. The third kappa shape index (κ3) is 3.95. The summed E-state index contributed by atoms with van der Waals surface area (Å²) in [7, 11) is 0. The van der Waals surface area contributed by atoms with Crippen molar-refractivity contribution in [3.63, 3.8) is 0 Å². The summed E-state index contributed by atoms with van der Waals surface area (Å²) in [5.74, 6) is -2.95. The lowest BCUT2D eigenvalue weighted by molar-refractivity contribution is -0.381. The van der Waals surface area contributed by atoms with E-state index >= 15 is 0 Å². The highest BCUT2D eigenvalue weighted by molar-refractivity contribution is 5.85. The number of hydrogen-bond donors (Lipinski definition) is 1. The first kappa shape index (κ1) is 17.6. The molecule has 2 rings (SSSR count). The zero-order chi connectivity index (χ0) is 16.9. The fourth-order valence-electron chi connectivity index (χ4n) is 2.75. The number of carbonyl (C=O) groups is 1. The Labute approximate surface area is 134 Å². The van der Waals surface area contributed by atoms with Crippen molar-refractivity contribution in [2.75, 3.05) is 0 Å². The molecule has 1 aliphatic carbocycles. The van der Waals surface area contributed by atoms with Gasteiger partial charge in [0.15, 0.2) is 11.6 Å². The molecule has 1 aromatic rings. The van der Waals surface area contributed by atoms with E-state index in [4.69, 9.17) is 15.5 Å². The van der Waals surface area contributed by atoms with Gasteiger partial charge in [0.25, 0.3) is 5.91 Å². The number of amides is 1. The van der Waals surface area contributed by atoms with Crippen LogP contribution in [0.2, 0.25) is 0 Å². The van der Waals surface area contributed by atoms with E-state index in [1.165, 1.54) is 12.1 Å². The normalized spacial score (nSPS) is 18.3. The van der Waals surface area contributed by atoms with Crippen molar-refractivity contribution in [2.45, 2.75) is 50.2 Å². The highest BCUT2D eigenvalue weighted by Crippen LogP contribution is 2.33. The highest BCUT2D eigenvalue weighted by Gasteiger charge is 2.42. The van der Waals surface area contributed by atoms with Crippen LogP contribution in [0.5, 0.6) is 0 Å². The Bertz CT molecular complexity index is 573. The molecule has 1 aromatic carbocycles. The van der Waals surface area contributed by atoms with Gasteiger partial charge < -0.3 is 5.73 Å². The molecule has 23 heavy (non-hydrogen) atoms. The quantitative estimate of drug-likeness (QED) is 0.474. The molecule has 0 aliphatic heterocycles. The van der Waals surface area contributed by atoms with Crippen LogP contribution >= 0.6 is 0 Å². The zero-order valence-electron chi connectivity index (χ0n) is 12.9. The van der Waals surface area contributed by atoms with Crippen LogP contribution in [-0.2, 0) is 20.2 Å². The molecule has 1 amide bonds. The Morgan fingerprint density at radius 2 is 2.00 bits per heavy atom. The topological polar surface area (TPSA) is 61.6 Å². The van der Waals surface area contributed by atoms with Crippen LogP contribution in [0.25, 0.3) is 0 Å². The summed E-state index contributed by atoms with van der Waals surface area (Å²) in [6.45, 7) is 3.58. The van der Waals surface area contributed by atoms with Gasteiger partial charge in [0.2, 0.25) is 5.60 Å². The minimum absolute atomic E-state index is 0.0138. The third-order valence-corrected chi connectivity index (χ3v) is 4.09. The predicted octanol–water partition coefficient (Wildman–Crippen LogP) is 3.50. The van der Waals surface area contributed by atoms with Crippen LogP contribution < -0.4 is 5.73 Å². The van der Waals surface area contributed by atoms with E-state index in [-0.39, 0.29) is 18.1 Å². The molecule has 0 heterocycles. The Morgan fingerprint density at radius 3 is 2.57 bits per heavy atom. The van der Waals surface area contributed by atoms with Crippen molar-refractivity contribution in [1.29, 1.82) is 0 Å². The summed E-state index contributed by atoms with van der Waals surface area (Å²) in [5, 5.41) is 0. The fraction of sp³-hybridized carbons (Fsp3) is 0.471. The number of primary amides is 1. The molecule has 2 N–H and O–H groups in total. The van der Waals surface area contributed by atoms with E-state index in [0.717, 1.165) is 44.2 Å². The Kier molecular flexibility index (Phi) is 5.85. The smallest absolute Gasteiger partial charge is 0.258 e. The monoisotopic (exact) mass is 325 g/mol. The van der Waals surface area contributed by atoms with E-state index in [1.807, 2.05) is 0 Å². The number of carbonyl (C=O) groups excluding carboxylic acids is 1. The number of nitrogens with two attached hydrogens (primary N) is 1. The van der Waals surface area contributed by atoms with Gasteiger partial charge in [-0.05, 0) is 30.5 Å². The van der Waals surface area contributed by atoms with Crippen molar-refractivity contribution >= 4 is 5.91 Å². The highest BCUT2D eigenvalue weighted by atomic mass is 19.2. The van der Waals surface area contributed by atoms with Gasteiger partial charge in [-0.3, -0.25) is 4.79 Å². The van der Waals surface area contributed by atoms with Crippen LogP contribution in [0.1, 0.15) is 44.1 Å². The summed E-state index contributed by atoms with van der Waals surface area (Å²) in [5.41, 5.74) is 3.85. The fourth-order valence-corrected chi connectivity index (χ4v) is 2.75. The lowest BCUT2D eigenvalue weighted by Gasteiger charge is -2.31. The molecule has 0 aromatic heterocycles. The van der Waals surface area contributed by atoms with Crippen LogP contribution in [0, 0.1) is 11.6 Å². The number of halogens is 2. The van der Waals surface area contributed by atoms with Gasteiger partial charge in [-0.2, -0.15) is 0 Å². The maximum atomic E-state index is 13.6. The molecule has 0 bridgehead atoms. The molecule has 4 nitrogen and oxygen atoms in total. The van der Waals surface area contributed by atoms with Gasteiger partial charge in [-0.1, -0.05) is 31.4 Å². The zero-order valence-corrected chi connectivity index (χ0v) is 12.9. The maximum Gasteiger partial charge on any atom is 0.258 e. The average molecular weight is 325 g/mol. The van der Waals surface area contributed by atoms with Crippen LogP contribution in [0.4, 0.5) is 8.78 Å². The van der Waals surface area contributed by atoms with Gasteiger partial charge in [-0.25, -0.2) is 18.6 Å². The first-order valence-corrected chi connectivity index (χ1v) is 7.70. The van der Waals surface area contributed by atoms with Crippen molar-refractivity contribution in [3.05, 3.63) is 48.1 Å². The number of hydrogen-bond acceptors (Lipinski definition) is 3. The molecular weight excluding hydrogens is 304 g/mol. The van der Waals surface area contributed by atoms with E-state index in [1.54, 1.807) is 0 Å². The van der Waals surface area contributed by atoms with E-state index < -0.39 is 23.1 Å². The molecule has 1 aliphatic rings. The summed E-state index contributed by atoms with van der Waals surface area (Å²) >= 11 is 0. The Balaban J connectivity index is 2.28. The molecule has 1 fully saturated rings. The van der Waals surface area contributed by atoms with Crippen molar-refractivity contribution in [2.24, 2.45) is 5.73 Å². The van der Waals surface area contributed by atoms with Gasteiger partial charge >= 0.3 is 0 Å². The van der Waals surface area contributed by atoms with Crippen molar-refractivity contribution in [1.82, 2.24) is 0 Å². The standard InChI is InChI=1S/C17H21F2NO3/c1-2-10-17(16(20)21,12-8-9-14(18)15(19)11-12)23-22-13-6-4-3-5-7-13/h2,8-9,11,13H,1,3-7,10H2,(H2,20,21). The molecule has 0 radical (unpaired) electrons. The van der Waals surface area contributed by atoms with Gasteiger partial charge in [0.05, 0.1) is 6.10 Å². The molecule has 1 saturated carbocycles. The second kappa shape index (κ2) is 7.66. The molecule has 1 unspecified atom stereocenters. The van der Waals surface area contributed by atoms with Crippen molar-refractivity contribution in [3.8, 4) is 0 Å². The molecule has 1 atom stereocenters. The predicted molar refractivity (Wildman–Crippen MR) is 81.1 cm³/mol. The third-order valence-electron chi connectivity index (χ3n) is 4.09.